The lowest BCUT2D eigenvalue weighted by atomic mass is 9.77. The molecule has 1 amide bonds. The van der Waals surface area contributed by atoms with Crippen LogP contribution in [0.4, 0.5) is 13.2 Å². The van der Waals surface area contributed by atoms with Crippen LogP contribution in [0.2, 0.25) is 0 Å². The number of carbonyl (C=O) groups is 1. The summed E-state index contributed by atoms with van der Waals surface area (Å²) in [6.45, 7) is -0.318. The van der Waals surface area contributed by atoms with Crippen LogP contribution in [0.15, 0.2) is 12.1 Å². The number of hydrogen-bond donors (Lipinski definition) is 1. The molecule has 1 aliphatic rings. The van der Waals surface area contributed by atoms with Crippen molar-refractivity contribution in [2.45, 2.75) is 12.8 Å². The first-order chi connectivity index (χ1) is 8.71. The Kier molecular flexibility index (Phi) is 3.31. The molecule has 0 fully saturated rings. The first-order valence-electron chi connectivity index (χ1n) is 5.47. The zero-order chi connectivity index (χ0) is 14.4. The quantitative estimate of drug-likeness (QED) is 0.763. The smallest absolute Gasteiger partial charge is 0.423 e. The van der Waals surface area contributed by atoms with Gasteiger partial charge in [0.1, 0.15) is 0 Å². The van der Waals surface area contributed by atoms with Gasteiger partial charge >= 0.3 is 13.3 Å². The van der Waals surface area contributed by atoms with Crippen LogP contribution in [-0.2, 0) is 17.4 Å². The number of halogens is 3. The summed E-state index contributed by atoms with van der Waals surface area (Å²) in [6, 6.07) is 2.03. The summed E-state index contributed by atoms with van der Waals surface area (Å²) >= 11 is 0. The monoisotopic (exact) mass is 273 g/mol. The zero-order valence-corrected chi connectivity index (χ0v) is 10.3. The predicted molar refractivity (Wildman–Crippen MR) is 61.9 cm³/mol. The van der Waals surface area contributed by atoms with Gasteiger partial charge in [0.2, 0.25) is 0 Å². The standard InChI is InChI=1S/C11H11BF3NO3/c1-16(2)10(17)6-3-8(11(13,14)15)7-5-19-12(18)9(7)4-6/h3-4,18H,5H2,1-2H3. The summed E-state index contributed by atoms with van der Waals surface area (Å²) in [5.74, 6) is -0.563. The summed E-state index contributed by atoms with van der Waals surface area (Å²) in [5, 5.41) is 9.50. The Morgan fingerprint density at radius 2 is 2.05 bits per heavy atom. The topological polar surface area (TPSA) is 49.8 Å². The Bertz CT molecular complexity index is 531. The van der Waals surface area contributed by atoms with E-state index in [9.17, 15) is 23.0 Å². The third-order valence-electron chi connectivity index (χ3n) is 2.89. The van der Waals surface area contributed by atoms with Crippen LogP contribution >= 0.6 is 0 Å². The molecule has 0 aliphatic carbocycles. The number of nitrogens with zero attached hydrogens (tertiary/aromatic N) is 1. The Balaban J connectivity index is 2.62. The number of hydrogen-bond acceptors (Lipinski definition) is 3. The van der Waals surface area contributed by atoms with Crippen molar-refractivity contribution in [3.63, 3.8) is 0 Å². The number of benzene rings is 1. The van der Waals surface area contributed by atoms with Gasteiger partial charge in [-0.15, -0.1) is 0 Å². The van der Waals surface area contributed by atoms with Gasteiger partial charge in [0.05, 0.1) is 12.2 Å². The molecule has 1 aliphatic heterocycles. The van der Waals surface area contributed by atoms with Crippen molar-refractivity contribution >= 4 is 18.5 Å². The van der Waals surface area contributed by atoms with E-state index in [0.29, 0.717) is 0 Å². The van der Waals surface area contributed by atoms with Crippen molar-refractivity contribution in [3.05, 3.63) is 28.8 Å². The fourth-order valence-electron chi connectivity index (χ4n) is 1.96. The third-order valence-corrected chi connectivity index (χ3v) is 2.89. The molecule has 1 aromatic carbocycles. The second-order valence-corrected chi connectivity index (χ2v) is 4.45. The lowest BCUT2D eigenvalue weighted by Gasteiger charge is -2.16. The van der Waals surface area contributed by atoms with E-state index in [-0.39, 0.29) is 23.2 Å². The van der Waals surface area contributed by atoms with Crippen LogP contribution in [0.3, 0.4) is 0 Å². The van der Waals surface area contributed by atoms with E-state index in [1.165, 1.54) is 25.1 Å². The van der Waals surface area contributed by atoms with Gasteiger partial charge in [0, 0.05) is 19.7 Å². The van der Waals surface area contributed by atoms with Crippen LogP contribution in [0.5, 0.6) is 0 Å². The van der Waals surface area contributed by atoms with Gasteiger partial charge in [0.25, 0.3) is 5.91 Å². The second-order valence-electron chi connectivity index (χ2n) is 4.45. The fraction of sp³-hybridized carbons (Fsp3) is 0.364. The van der Waals surface area contributed by atoms with Crippen molar-refractivity contribution in [2.75, 3.05) is 14.1 Å². The van der Waals surface area contributed by atoms with Gasteiger partial charge in [-0.2, -0.15) is 13.2 Å². The molecule has 0 spiro atoms. The Morgan fingerprint density at radius 1 is 1.42 bits per heavy atom. The van der Waals surface area contributed by atoms with E-state index in [0.717, 1.165) is 6.07 Å². The molecule has 2 rings (SSSR count). The molecular formula is C11H11BF3NO3. The molecule has 0 atom stereocenters. The summed E-state index contributed by atoms with van der Waals surface area (Å²) in [4.78, 5) is 12.9. The number of fused-ring (bicyclic) bond motifs is 1. The van der Waals surface area contributed by atoms with Gasteiger partial charge in [-0.1, -0.05) is 0 Å². The molecule has 4 nitrogen and oxygen atoms in total. The van der Waals surface area contributed by atoms with Gasteiger partial charge in [0.15, 0.2) is 0 Å². The molecule has 1 heterocycles. The van der Waals surface area contributed by atoms with Crippen LogP contribution in [0, 0.1) is 0 Å². The van der Waals surface area contributed by atoms with Gasteiger partial charge < -0.3 is 14.6 Å². The Labute approximate surface area is 107 Å². The third kappa shape index (κ3) is 2.45. The second kappa shape index (κ2) is 4.54. The van der Waals surface area contributed by atoms with Gasteiger partial charge in [-0.3, -0.25) is 4.79 Å². The molecule has 1 aromatic rings. The first kappa shape index (κ1) is 13.9. The molecular weight excluding hydrogens is 262 g/mol. The fourth-order valence-corrected chi connectivity index (χ4v) is 1.96. The predicted octanol–water partition coefficient (Wildman–Crippen LogP) is 0.625. The molecule has 0 unspecified atom stereocenters. The molecule has 0 radical (unpaired) electrons. The van der Waals surface area contributed by atoms with E-state index in [1.54, 1.807) is 0 Å². The Hall–Kier alpha value is -1.54. The molecule has 0 saturated carbocycles. The molecule has 0 bridgehead atoms. The molecule has 8 heteroatoms. The molecule has 0 saturated heterocycles. The number of rotatable bonds is 1. The summed E-state index contributed by atoms with van der Waals surface area (Å²) < 4.78 is 43.6. The summed E-state index contributed by atoms with van der Waals surface area (Å²) in [5.41, 5.74) is -1.18. The van der Waals surface area contributed by atoms with Crippen LogP contribution in [-0.4, -0.2) is 37.0 Å². The van der Waals surface area contributed by atoms with Crippen molar-refractivity contribution < 1.29 is 27.6 Å². The average Bonchev–Trinajstić information content (AvgIpc) is 2.68. The van der Waals surface area contributed by atoms with E-state index < -0.39 is 24.8 Å². The summed E-state index contributed by atoms with van der Waals surface area (Å²) in [6.07, 6.45) is -4.60. The number of amides is 1. The molecule has 102 valence electrons. The van der Waals surface area contributed by atoms with Crippen molar-refractivity contribution in [2.24, 2.45) is 0 Å². The maximum absolute atomic E-state index is 13.0. The van der Waals surface area contributed by atoms with E-state index in [2.05, 4.69) is 0 Å². The lowest BCUT2D eigenvalue weighted by Crippen LogP contribution is -2.32. The van der Waals surface area contributed by atoms with Gasteiger partial charge in [-0.25, -0.2) is 0 Å². The molecule has 0 aromatic heterocycles. The lowest BCUT2D eigenvalue weighted by molar-refractivity contribution is -0.138. The van der Waals surface area contributed by atoms with Crippen molar-refractivity contribution in [3.8, 4) is 0 Å². The van der Waals surface area contributed by atoms with E-state index in [1.807, 2.05) is 0 Å². The van der Waals surface area contributed by atoms with Crippen molar-refractivity contribution in [1.82, 2.24) is 4.90 Å². The molecule has 1 N–H and O–H groups in total. The van der Waals surface area contributed by atoms with Crippen LogP contribution in [0.1, 0.15) is 21.5 Å². The first-order valence-corrected chi connectivity index (χ1v) is 5.47. The minimum absolute atomic E-state index is 0.0000231. The zero-order valence-electron chi connectivity index (χ0n) is 10.3. The highest BCUT2D eigenvalue weighted by atomic mass is 19.4. The molecule has 19 heavy (non-hydrogen) atoms. The largest absolute Gasteiger partial charge is 0.491 e. The van der Waals surface area contributed by atoms with E-state index in [4.69, 9.17) is 4.65 Å². The SMILES string of the molecule is CN(C)C(=O)c1cc2c(c(C(F)(F)F)c1)COB2O. The minimum Gasteiger partial charge on any atom is -0.423 e. The van der Waals surface area contributed by atoms with E-state index >= 15 is 0 Å². The average molecular weight is 273 g/mol. The minimum atomic E-state index is -4.60. The number of alkyl halides is 3. The highest BCUT2D eigenvalue weighted by Gasteiger charge is 2.40. The maximum Gasteiger partial charge on any atom is 0.491 e. The van der Waals surface area contributed by atoms with Crippen molar-refractivity contribution in [1.29, 1.82) is 0 Å². The van der Waals surface area contributed by atoms with Gasteiger partial charge in [-0.05, 0) is 23.2 Å². The highest BCUT2D eigenvalue weighted by molar-refractivity contribution is 6.61. The maximum atomic E-state index is 13.0. The van der Waals surface area contributed by atoms with Crippen LogP contribution < -0.4 is 5.46 Å². The van der Waals surface area contributed by atoms with Crippen LogP contribution in [0.25, 0.3) is 0 Å². The highest BCUT2D eigenvalue weighted by Crippen LogP contribution is 2.34. The number of carbonyl (C=O) groups excluding carboxylic acids is 1. The Morgan fingerprint density at radius 3 is 2.58 bits per heavy atom. The summed E-state index contributed by atoms with van der Waals surface area (Å²) in [7, 11) is 1.46. The normalized spacial score (nSPS) is 14.5.